The summed E-state index contributed by atoms with van der Waals surface area (Å²) in [6.45, 7) is 1.11. The highest BCUT2D eigenvalue weighted by atomic mass is 16.2. The fourth-order valence-corrected chi connectivity index (χ4v) is 1.36. The highest BCUT2D eigenvalue weighted by Gasteiger charge is 2.04. The van der Waals surface area contributed by atoms with E-state index in [4.69, 9.17) is 0 Å². The highest BCUT2D eigenvalue weighted by Crippen LogP contribution is 1.96. The van der Waals surface area contributed by atoms with Crippen molar-refractivity contribution < 1.29 is 9.59 Å². The molecule has 0 fully saturated rings. The summed E-state index contributed by atoms with van der Waals surface area (Å²) in [6.07, 6.45) is 0.377. The van der Waals surface area contributed by atoms with Crippen molar-refractivity contribution in [1.82, 2.24) is 16.0 Å². The first-order valence-electron chi connectivity index (χ1n) is 5.94. The van der Waals surface area contributed by atoms with Gasteiger partial charge in [0.05, 0.1) is 6.54 Å². The molecule has 3 N–H and O–H groups in total. The van der Waals surface area contributed by atoms with E-state index < -0.39 is 0 Å². The molecule has 1 rings (SSSR count). The van der Waals surface area contributed by atoms with Crippen LogP contribution in [0.25, 0.3) is 0 Å². The first-order chi connectivity index (χ1) is 8.72. The van der Waals surface area contributed by atoms with Gasteiger partial charge in [-0.05, 0) is 12.6 Å². The van der Waals surface area contributed by atoms with Crippen molar-refractivity contribution in [2.45, 2.75) is 13.0 Å². The third kappa shape index (κ3) is 6.00. The van der Waals surface area contributed by atoms with Crippen LogP contribution in [0.5, 0.6) is 0 Å². The summed E-state index contributed by atoms with van der Waals surface area (Å²) < 4.78 is 0. The summed E-state index contributed by atoms with van der Waals surface area (Å²) in [7, 11) is 1.78. The molecule has 0 aliphatic heterocycles. The molecule has 18 heavy (non-hydrogen) atoms. The van der Waals surface area contributed by atoms with Crippen LogP contribution < -0.4 is 16.0 Å². The number of nitrogens with one attached hydrogen (secondary N) is 3. The SMILES string of the molecule is CNCCC(=O)NCC(=O)NCc1ccccc1. The topological polar surface area (TPSA) is 70.2 Å². The average molecular weight is 249 g/mol. The molecular formula is C13H19N3O2. The van der Waals surface area contributed by atoms with Crippen LogP contribution in [0.2, 0.25) is 0 Å². The van der Waals surface area contributed by atoms with Gasteiger partial charge in [-0.3, -0.25) is 9.59 Å². The predicted octanol–water partition coefficient (Wildman–Crippen LogP) is 0.0285. The summed E-state index contributed by atoms with van der Waals surface area (Å²) in [5.74, 6) is -0.309. The standard InChI is InChI=1S/C13H19N3O2/c1-14-8-7-12(17)16-10-13(18)15-9-11-5-3-2-4-6-11/h2-6,14H,7-10H2,1H3,(H,15,18)(H,16,17). The molecule has 0 spiro atoms. The lowest BCUT2D eigenvalue weighted by Crippen LogP contribution is -2.37. The van der Waals surface area contributed by atoms with E-state index in [9.17, 15) is 9.59 Å². The highest BCUT2D eigenvalue weighted by molar-refractivity contribution is 5.84. The molecule has 0 saturated carbocycles. The van der Waals surface area contributed by atoms with E-state index in [0.29, 0.717) is 19.5 Å². The largest absolute Gasteiger partial charge is 0.350 e. The van der Waals surface area contributed by atoms with Crippen molar-refractivity contribution in [1.29, 1.82) is 0 Å². The van der Waals surface area contributed by atoms with Gasteiger partial charge in [0.25, 0.3) is 0 Å². The van der Waals surface area contributed by atoms with Gasteiger partial charge in [-0.25, -0.2) is 0 Å². The molecule has 1 aromatic rings. The van der Waals surface area contributed by atoms with Gasteiger partial charge in [0.15, 0.2) is 0 Å². The number of benzene rings is 1. The normalized spacial score (nSPS) is 9.83. The molecule has 0 heterocycles. The Balaban J connectivity index is 2.16. The Bertz CT molecular complexity index is 379. The maximum Gasteiger partial charge on any atom is 0.239 e. The summed E-state index contributed by atoms with van der Waals surface area (Å²) in [5.41, 5.74) is 1.03. The molecule has 98 valence electrons. The first-order valence-corrected chi connectivity index (χ1v) is 5.94. The summed E-state index contributed by atoms with van der Waals surface area (Å²) in [4.78, 5) is 22.7. The predicted molar refractivity (Wildman–Crippen MR) is 69.8 cm³/mol. The zero-order chi connectivity index (χ0) is 13.2. The Morgan fingerprint density at radius 1 is 1.06 bits per heavy atom. The third-order valence-electron chi connectivity index (χ3n) is 2.38. The van der Waals surface area contributed by atoms with E-state index >= 15 is 0 Å². The van der Waals surface area contributed by atoms with Crippen molar-refractivity contribution in [3.8, 4) is 0 Å². The Hall–Kier alpha value is -1.88. The van der Waals surface area contributed by atoms with Crippen molar-refractivity contribution in [2.24, 2.45) is 0 Å². The first kappa shape index (κ1) is 14.2. The van der Waals surface area contributed by atoms with E-state index in [1.807, 2.05) is 30.3 Å². The molecule has 0 bridgehead atoms. The molecule has 0 atom stereocenters. The second kappa shape index (κ2) is 8.25. The molecule has 5 nitrogen and oxygen atoms in total. The molecule has 0 radical (unpaired) electrons. The fraction of sp³-hybridized carbons (Fsp3) is 0.385. The lowest BCUT2D eigenvalue weighted by Gasteiger charge is -2.07. The number of rotatable bonds is 7. The monoisotopic (exact) mass is 249 g/mol. The summed E-state index contributed by atoms with van der Waals surface area (Å²) >= 11 is 0. The summed E-state index contributed by atoms with van der Waals surface area (Å²) in [5, 5.41) is 8.18. The lowest BCUT2D eigenvalue weighted by atomic mass is 10.2. The van der Waals surface area contributed by atoms with Crippen molar-refractivity contribution >= 4 is 11.8 Å². The molecule has 0 saturated heterocycles. The van der Waals surface area contributed by atoms with Crippen molar-refractivity contribution in [3.63, 3.8) is 0 Å². The molecule has 0 unspecified atom stereocenters. The fourth-order valence-electron chi connectivity index (χ4n) is 1.36. The van der Waals surface area contributed by atoms with E-state index in [2.05, 4.69) is 16.0 Å². The van der Waals surface area contributed by atoms with Crippen LogP contribution in [0.3, 0.4) is 0 Å². The Morgan fingerprint density at radius 2 is 1.78 bits per heavy atom. The van der Waals surface area contributed by atoms with Gasteiger partial charge in [0, 0.05) is 19.5 Å². The molecular weight excluding hydrogens is 230 g/mol. The van der Waals surface area contributed by atoms with Gasteiger partial charge in [-0.15, -0.1) is 0 Å². The minimum atomic E-state index is -0.184. The molecule has 0 aromatic heterocycles. The third-order valence-corrected chi connectivity index (χ3v) is 2.38. The summed E-state index contributed by atoms with van der Waals surface area (Å²) in [6, 6.07) is 9.63. The molecule has 0 aliphatic carbocycles. The Labute approximate surface area is 107 Å². The molecule has 2 amide bonds. The van der Waals surface area contributed by atoms with Crippen LogP contribution in [-0.4, -0.2) is 32.0 Å². The average Bonchev–Trinajstić information content (AvgIpc) is 2.41. The van der Waals surface area contributed by atoms with E-state index in [-0.39, 0.29) is 18.4 Å². The number of hydrogen-bond acceptors (Lipinski definition) is 3. The number of carbonyl (C=O) groups is 2. The van der Waals surface area contributed by atoms with Crippen molar-refractivity contribution in [3.05, 3.63) is 35.9 Å². The van der Waals surface area contributed by atoms with E-state index in [1.165, 1.54) is 0 Å². The van der Waals surface area contributed by atoms with Gasteiger partial charge in [0.2, 0.25) is 11.8 Å². The van der Waals surface area contributed by atoms with Crippen molar-refractivity contribution in [2.75, 3.05) is 20.1 Å². The second-order valence-electron chi connectivity index (χ2n) is 3.89. The zero-order valence-corrected chi connectivity index (χ0v) is 10.5. The number of amides is 2. The van der Waals surface area contributed by atoms with Crippen LogP contribution >= 0.6 is 0 Å². The van der Waals surface area contributed by atoms with Gasteiger partial charge in [0.1, 0.15) is 0 Å². The molecule has 1 aromatic carbocycles. The van der Waals surface area contributed by atoms with Crippen LogP contribution in [-0.2, 0) is 16.1 Å². The Kier molecular flexibility index (Phi) is 6.50. The van der Waals surface area contributed by atoms with Gasteiger partial charge in [-0.2, -0.15) is 0 Å². The van der Waals surface area contributed by atoms with Crippen LogP contribution in [0.1, 0.15) is 12.0 Å². The number of carbonyl (C=O) groups excluding carboxylic acids is 2. The minimum Gasteiger partial charge on any atom is -0.350 e. The lowest BCUT2D eigenvalue weighted by molar-refractivity contribution is -0.126. The van der Waals surface area contributed by atoms with Gasteiger partial charge >= 0.3 is 0 Å². The van der Waals surface area contributed by atoms with Crippen LogP contribution in [0.4, 0.5) is 0 Å². The molecule has 0 aliphatic rings. The zero-order valence-electron chi connectivity index (χ0n) is 10.5. The Morgan fingerprint density at radius 3 is 2.44 bits per heavy atom. The van der Waals surface area contributed by atoms with Crippen LogP contribution in [0, 0.1) is 0 Å². The quantitative estimate of drug-likeness (QED) is 0.638. The molecule has 5 heteroatoms. The maximum atomic E-state index is 11.5. The van der Waals surface area contributed by atoms with E-state index in [1.54, 1.807) is 7.05 Å². The minimum absolute atomic E-state index is 0.0232. The number of hydrogen-bond donors (Lipinski definition) is 3. The van der Waals surface area contributed by atoms with Gasteiger partial charge < -0.3 is 16.0 Å². The van der Waals surface area contributed by atoms with Crippen LogP contribution in [0.15, 0.2) is 30.3 Å². The smallest absolute Gasteiger partial charge is 0.239 e. The van der Waals surface area contributed by atoms with E-state index in [0.717, 1.165) is 5.56 Å². The second-order valence-corrected chi connectivity index (χ2v) is 3.89. The van der Waals surface area contributed by atoms with Gasteiger partial charge in [-0.1, -0.05) is 30.3 Å². The maximum absolute atomic E-state index is 11.5.